The van der Waals surface area contributed by atoms with Crippen molar-refractivity contribution in [2.24, 2.45) is 0 Å². The van der Waals surface area contributed by atoms with Gasteiger partial charge in [0.1, 0.15) is 5.82 Å². The molecule has 0 aliphatic rings. The van der Waals surface area contributed by atoms with Gasteiger partial charge < -0.3 is 5.32 Å². The Balaban J connectivity index is 1.95. The van der Waals surface area contributed by atoms with Crippen molar-refractivity contribution in [1.29, 1.82) is 0 Å². The second-order valence-electron chi connectivity index (χ2n) is 5.78. The highest BCUT2D eigenvalue weighted by molar-refractivity contribution is 7.92. The summed E-state index contributed by atoms with van der Waals surface area (Å²) in [5.74, 6) is -0.699. The van der Waals surface area contributed by atoms with E-state index in [0.717, 1.165) is 5.56 Å². The lowest BCUT2D eigenvalue weighted by Gasteiger charge is -2.09. The lowest BCUT2D eigenvalue weighted by atomic mass is 10.1. The van der Waals surface area contributed by atoms with Gasteiger partial charge in [-0.05, 0) is 43.2 Å². The van der Waals surface area contributed by atoms with Crippen LogP contribution in [0.1, 0.15) is 25.0 Å². The van der Waals surface area contributed by atoms with Crippen molar-refractivity contribution < 1.29 is 17.6 Å². The molecule has 0 unspecified atom stereocenters. The van der Waals surface area contributed by atoms with Crippen molar-refractivity contribution in [2.45, 2.75) is 37.0 Å². The van der Waals surface area contributed by atoms with Crippen LogP contribution in [0.3, 0.4) is 0 Å². The highest BCUT2D eigenvalue weighted by atomic mass is 32.2. The molecule has 0 fully saturated rings. The molecule has 0 heterocycles. The monoisotopic (exact) mass is 349 g/mol. The van der Waals surface area contributed by atoms with Gasteiger partial charge in [-0.15, -0.1) is 0 Å². The van der Waals surface area contributed by atoms with E-state index in [-0.39, 0.29) is 23.8 Å². The summed E-state index contributed by atoms with van der Waals surface area (Å²) in [6.07, 6.45) is -0.0352. The van der Waals surface area contributed by atoms with Crippen LogP contribution in [-0.2, 0) is 27.6 Å². The number of halogens is 1. The van der Waals surface area contributed by atoms with Gasteiger partial charge in [-0.1, -0.05) is 30.3 Å². The number of nitrogens with one attached hydrogen (secondary N) is 1. The van der Waals surface area contributed by atoms with E-state index in [4.69, 9.17) is 0 Å². The Bertz CT molecular complexity index is 814. The zero-order valence-corrected chi connectivity index (χ0v) is 14.4. The van der Waals surface area contributed by atoms with Crippen LogP contribution in [0.25, 0.3) is 0 Å². The summed E-state index contributed by atoms with van der Waals surface area (Å²) >= 11 is 0. The summed E-state index contributed by atoms with van der Waals surface area (Å²) in [4.78, 5) is 12.1. The number of hydrogen-bond donors (Lipinski definition) is 1. The van der Waals surface area contributed by atoms with Crippen LogP contribution in [0.15, 0.2) is 53.4 Å². The molecular formula is C18H20FNO3S. The number of benzene rings is 2. The van der Waals surface area contributed by atoms with Crippen molar-refractivity contribution in [3.63, 3.8) is 0 Å². The van der Waals surface area contributed by atoms with E-state index in [0.29, 0.717) is 5.56 Å². The molecule has 0 spiro atoms. The molecule has 0 aliphatic carbocycles. The van der Waals surface area contributed by atoms with Crippen LogP contribution in [0.5, 0.6) is 0 Å². The largest absolute Gasteiger partial charge is 0.352 e. The van der Waals surface area contributed by atoms with E-state index >= 15 is 0 Å². The minimum Gasteiger partial charge on any atom is -0.352 e. The fourth-order valence-corrected chi connectivity index (χ4v) is 3.21. The minimum atomic E-state index is -3.30. The maximum atomic E-state index is 13.5. The zero-order chi connectivity index (χ0) is 17.7. The van der Waals surface area contributed by atoms with Crippen LogP contribution in [-0.4, -0.2) is 19.6 Å². The molecule has 2 aromatic rings. The average Bonchev–Trinajstić information content (AvgIpc) is 2.55. The molecule has 4 nitrogen and oxygen atoms in total. The number of amides is 1. The van der Waals surface area contributed by atoms with Crippen LogP contribution in [0, 0.1) is 5.82 Å². The van der Waals surface area contributed by atoms with E-state index in [2.05, 4.69) is 5.32 Å². The Kier molecular flexibility index (Phi) is 5.72. The molecule has 0 saturated carbocycles. The maximum Gasteiger partial charge on any atom is 0.224 e. The fourth-order valence-electron chi connectivity index (χ4n) is 2.15. The molecule has 0 atom stereocenters. The Morgan fingerprint density at radius 1 is 1.08 bits per heavy atom. The molecule has 1 amide bonds. The van der Waals surface area contributed by atoms with Gasteiger partial charge in [-0.3, -0.25) is 4.79 Å². The van der Waals surface area contributed by atoms with Crippen molar-refractivity contribution in [1.82, 2.24) is 5.32 Å². The van der Waals surface area contributed by atoms with Gasteiger partial charge >= 0.3 is 0 Å². The molecule has 2 aromatic carbocycles. The van der Waals surface area contributed by atoms with Gasteiger partial charge in [0.2, 0.25) is 5.91 Å². The average molecular weight is 349 g/mol. The van der Waals surface area contributed by atoms with Gasteiger partial charge in [0.05, 0.1) is 16.6 Å². The van der Waals surface area contributed by atoms with Crippen molar-refractivity contribution in [3.05, 3.63) is 65.5 Å². The second-order valence-corrected chi connectivity index (χ2v) is 8.29. The molecule has 0 bridgehead atoms. The first-order chi connectivity index (χ1) is 11.3. The lowest BCUT2D eigenvalue weighted by molar-refractivity contribution is -0.120. The number of rotatable bonds is 6. The first kappa shape index (κ1) is 18.1. The molecule has 24 heavy (non-hydrogen) atoms. The number of carbonyl (C=O) groups excluding carboxylic acids is 1. The van der Waals surface area contributed by atoms with Crippen molar-refractivity contribution in [2.75, 3.05) is 0 Å². The topological polar surface area (TPSA) is 63.2 Å². The van der Waals surface area contributed by atoms with Gasteiger partial charge in [0.15, 0.2) is 9.84 Å². The second kappa shape index (κ2) is 7.57. The van der Waals surface area contributed by atoms with Gasteiger partial charge in [0, 0.05) is 6.54 Å². The summed E-state index contributed by atoms with van der Waals surface area (Å²) in [5.41, 5.74) is 1.12. The quantitative estimate of drug-likeness (QED) is 0.872. The van der Waals surface area contributed by atoms with Crippen LogP contribution in [0.4, 0.5) is 4.39 Å². The molecule has 2 rings (SSSR count). The summed E-state index contributed by atoms with van der Waals surface area (Å²) in [6, 6.07) is 12.5. The first-order valence-corrected chi connectivity index (χ1v) is 9.18. The molecule has 128 valence electrons. The number of sulfone groups is 1. The summed E-state index contributed by atoms with van der Waals surface area (Å²) in [6.45, 7) is 3.52. The van der Waals surface area contributed by atoms with Crippen LogP contribution in [0.2, 0.25) is 0 Å². The van der Waals surface area contributed by atoms with Crippen LogP contribution < -0.4 is 5.32 Å². The number of hydrogen-bond acceptors (Lipinski definition) is 3. The molecular weight excluding hydrogens is 329 g/mol. The van der Waals surface area contributed by atoms with E-state index < -0.39 is 20.9 Å². The number of carbonyl (C=O) groups is 1. The SMILES string of the molecule is CC(C)S(=O)(=O)c1ccc(CNC(=O)Cc2ccccc2F)cc1. The molecule has 6 heteroatoms. The molecule has 0 aromatic heterocycles. The third kappa shape index (κ3) is 4.41. The van der Waals surface area contributed by atoms with Gasteiger partial charge in [0.25, 0.3) is 0 Å². The van der Waals surface area contributed by atoms with E-state index in [1.807, 2.05) is 0 Å². The van der Waals surface area contributed by atoms with Crippen molar-refractivity contribution >= 4 is 15.7 Å². The minimum absolute atomic E-state index is 0.0352. The van der Waals surface area contributed by atoms with Crippen molar-refractivity contribution in [3.8, 4) is 0 Å². The lowest BCUT2D eigenvalue weighted by Crippen LogP contribution is -2.25. The summed E-state index contributed by atoms with van der Waals surface area (Å²) in [5, 5.41) is 2.22. The Morgan fingerprint density at radius 3 is 2.29 bits per heavy atom. The third-order valence-corrected chi connectivity index (χ3v) is 5.84. The Morgan fingerprint density at radius 2 is 1.71 bits per heavy atom. The smallest absolute Gasteiger partial charge is 0.224 e. The zero-order valence-electron chi connectivity index (χ0n) is 13.6. The molecule has 0 radical (unpaired) electrons. The summed E-state index contributed by atoms with van der Waals surface area (Å²) in [7, 11) is -3.30. The first-order valence-electron chi connectivity index (χ1n) is 7.63. The molecule has 0 aliphatic heterocycles. The highest BCUT2D eigenvalue weighted by Gasteiger charge is 2.18. The fraction of sp³-hybridized carbons (Fsp3) is 0.278. The predicted octanol–water partition coefficient (Wildman–Crippen LogP) is 2.87. The summed E-state index contributed by atoms with van der Waals surface area (Å²) < 4.78 is 37.6. The van der Waals surface area contributed by atoms with Crippen LogP contribution >= 0.6 is 0 Å². The van der Waals surface area contributed by atoms with E-state index in [9.17, 15) is 17.6 Å². The normalized spacial score (nSPS) is 11.5. The van der Waals surface area contributed by atoms with E-state index in [1.54, 1.807) is 44.2 Å². The Labute approximate surface area is 141 Å². The van der Waals surface area contributed by atoms with E-state index in [1.165, 1.54) is 18.2 Å². The molecule has 0 saturated heterocycles. The standard InChI is InChI=1S/C18H20FNO3S/c1-13(2)24(22,23)16-9-7-14(8-10-16)12-20-18(21)11-15-5-3-4-6-17(15)19/h3-10,13H,11-12H2,1-2H3,(H,20,21). The Hall–Kier alpha value is -2.21. The third-order valence-electron chi connectivity index (χ3n) is 3.67. The predicted molar refractivity (Wildman–Crippen MR) is 90.7 cm³/mol. The van der Waals surface area contributed by atoms with Gasteiger partial charge in [-0.25, -0.2) is 12.8 Å². The maximum absolute atomic E-state index is 13.5. The van der Waals surface area contributed by atoms with Gasteiger partial charge in [-0.2, -0.15) is 0 Å². The highest BCUT2D eigenvalue weighted by Crippen LogP contribution is 2.16. The molecule has 1 N–H and O–H groups in total.